The van der Waals surface area contributed by atoms with Gasteiger partial charge in [0, 0.05) is 12.6 Å². The van der Waals surface area contributed by atoms with Crippen LogP contribution in [0.4, 0.5) is 5.82 Å². The van der Waals surface area contributed by atoms with Gasteiger partial charge in [-0.15, -0.1) is 0 Å². The molecule has 3 aromatic rings. The van der Waals surface area contributed by atoms with Gasteiger partial charge in [0.25, 0.3) is 5.91 Å². The highest BCUT2D eigenvalue weighted by atomic mass is 16.5. The Morgan fingerprint density at radius 3 is 2.72 bits per heavy atom. The summed E-state index contributed by atoms with van der Waals surface area (Å²) in [5, 5.41) is 5.92. The van der Waals surface area contributed by atoms with Gasteiger partial charge < -0.3 is 19.8 Å². The van der Waals surface area contributed by atoms with E-state index in [-0.39, 0.29) is 5.91 Å². The van der Waals surface area contributed by atoms with Crippen molar-refractivity contribution in [2.24, 2.45) is 0 Å². The van der Waals surface area contributed by atoms with Crippen molar-refractivity contribution in [1.29, 1.82) is 0 Å². The van der Waals surface area contributed by atoms with Crippen LogP contribution in [0.15, 0.2) is 59.5 Å². The van der Waals surface area contributed by atoms with Crippen molar-refractivity contribution < 1.29 is 13.9 Å². The second kappa shape index (κ2) is 7.96. The third-order valence-electron chi connectivity index (χ3n) is 3.54. The van der Waals surface area contributed by atoms with Crippen molar-refractivity contribution in [2.75, 3.05) is 12.4 Å². The summed E-state index contributed by atoms with van der Waals surface area (Å²) in [6.07, 6.45) is 2.92. The zero-order valence-electron chi connectivity index (χ0n) is 13.7. The zero-order chi connectivity index (χ0) is 17.5. The van der Waals surface area contributed by atoms with E-state index in [2.05, 4.69) is 20.6 Å². The fourth-order valence-corrected chi connectivity index (χ4v) is 2.19. The summed E-state index contributed by atoms with van der Waals surface area (Å²) in [6.45, 7) is 0.888. The Balaban J connectivity index is 1.57. The van der Waals surface area contributed by atoms with Crippen molar-refractivity contribution in [3.8, 4) is 5.75 Å². The fourth-order valence-electron chi connectivity index (χ4n) is 2.19. The maximum Gasteiger partial charge on any atom is 0.270 e. The number of anilines is 1. The molecular formula is C18H18N4O3. The van der Waals surface area contributed by atoms with Crippen molar-refractivity contribution >= 4 is 11.7 Å². The molecule has 25 heavy (non-hydrogen) atoms. The van der Waals surface area contributed by atoms with Crippen LogP contribution in [0.3, 0.4) is 0 Å². The molecule has 7 nitrogen and oxygen atoms in total. The van der Waals surface area contributed by atoms with E-state index in [4.69, 9.17) is 9.15 Å². The van der Waals surface area contributed by atoms with Crippen LogP contribution in [0.25, 0.3) is 0 Å². The van der Waals surface area contributed by atoms with Crippen LogP contribution in [0.5, 0.6) is 5.75 Å². The Labute approximate surface area is 145 Å². The van der Waals surface area contributed by atoms with Crippen LogP contribution >= 0.6 is 0 Å². The van der Waals surface area contributed by atoms with Gasteiger partial charge in [0.1, 0.15) is 29.3 Å². The Morgan fingerprint density at radius 2 is 2.00 bits per heavy atom. The molecule has 0 unspecified atom stereocenters. The molecule has 0 bridgehead atoms. The number of aromatic nitrogens is 2. The Kier molecular flexibility index (Phi) is 5.26. The number of carbonyl (C=O) groups is 1. The van der Waals surface area contributed by atoms with Crippen molar-refractivity contribution in [2.45, 2.75) is 13.1 Å². The first-order chi connectivity index (χ1) is 12.2. The summed E-state index contributed by atoms with van der Waals surface area (Å²) in [7, 11) is 1.63. The monoisotopic (exact) mass is 338 g/mol. The lowest BCUT2D eigenvalue weighted by atomic mass is 10.2. The average Bonchev–Trinajstić information content (AvgIpc) is 3.19. The minimum Gasteiger partial charge on any atom is -0.497 e. The predicted octanol–water partition coefficient (Wildman–Crippen LogP) is 2.62. The van der Waals surface area contributed by atoms with E-state index in [0.717, 1.165) is 11.3 Å². The quantitative estimate of drug-likeness (QED) is 0.688. The highest BCUT2D eigenvalue weighted by Crippen LogP contribution is 2.13. The molecule has 0 saturated carbocycles. The molecule has 3 rings (SSSR count). The number of ether oxygens (including phenoxy) is 1. The second-order valence-corrected chi connectivity index (χ2v) is 5.25. The number of nitrogens with one attached hydrogen (secondary N) is 2. The lowest BCUT2D eigenvalue weighted by molar-refractivity contribution is 0.0943. The molecule has 0 fully saturated rings. The molecule has 2 heterocycles. The molecular weight excluding hydrogens is 320 g/mol. The van der Waals surface area contributed by atoms with E-state index < -0.39 is 0 Å². The van der Waals surface area contributed by atoms with E-state index in [1.165, 1.54) is 6.33 Å². The number of nitrogens with zero attached hydrogens (tertiary/aromatic N) is 2. The molecule has 1 amide bonds. The number of furan rings is 1. The van der Waals surface area contributed by atoms with E-state index in [1.807, 2.05) is 24.3 Å². The number of carbonyl (C=O) groups excluding carboxylic acids is 1. The topological polar surface area (TPSA) is 89.3 Å². The zero-order valence-corrected chi connectivity index (χ0v) is 13.7. The van der Waals surface area contributed by atoms with Crippen LogP contribution in [0, 0.1) is 0 Å². The Bertz CT molecular complexity index is 817. The van der Waals surface area contributed by atoms with Crippen LogP contribution < -0.4 is 15.4 Å². The summed E-state index contributed by atoms with van der Waals surface area (Å²) in [5.41, 5.74) is 1.36. The highest BCUT2D eigenvalue weighted by Gasteiger charge is 2.09. The molecule has 0 saturated heterocycles. The third-order valence-corrected chi connectivity index (χ3v) is 3.54. The molecule has 0 aliphatic rings. The van der Waals surface area contributed by atoms with Gasteiger partial charge in [-0.25, -0.2) is 9.97 Å². The fraction of sp³-hybridized carbons (Fsp3) is 0.167. The summed E-state index contributed by atoms with van der Waals surface area (Å²) in [6, 6.07) is 12.9. The van der Waals surface area contributed by atoms with Gasteiger partial charge in [-0.2, -0.15) is 0 Å². The number of benzene rings is 1. The smallest absolute Gasteiger partial charge is 0.270 e. The largest absolute Gasteiger partial charge is 0.497 e. The molecule has 128 valence electrons. The van der Waals surface area contributed by atoms with Crippen molar-refractivity contribution in [1.82, 2.24) is 15.3 Å². The predicted molar refractivity (Wildman–Crippen MR) is 92.2 cm³/mol. The maximum absolute atomic E-state index is 12.2. The van der Waals surface area contributed by atoms with Gasteiger partial charge in [0.15, 0.2) is 0 Å². The maximum atomic E-state index is 12.2. The number of amides is 1. The Morgan fingerprint density at radius 1 is 1.16 bits per heavy atom. The molecule has 0 aliphatic carbocycles. The summed E-state index contributed by atoms with van der Waals surface area (Å²) < 4.78 is 10.3. The number of hydrogen-bond donors (Lipinski definition) is 2. The van der Waals surface area contributed by atoms with Gasteiger partial charge in [-0.3, -0.25) is 4.79 Å². The highest BCUT2D eigenvalue weighted by molar-refractivity contribution is 5.92. The minimum absolute atomic E-state index is 0.286. The summed E-state index contributed by atoms with van der Waals surface area (Å²) in [4.78, 5) is 20.3. The molecule has 7 heteroatoms. The van der Waals surface area contributed by atoms with Crippen LogP contribution in [-0.2, 0) is 13.1 Å². The lowest BCUT2D eigenvalue weighted by Crippen LogP contribution is -2.23. The van der Waals surface area contributed by atoms with Crippen LogP contribution in [0.2, 0.25) is 0 Å². The van der Waals surface area contributed by atoms with Gasteiger partial charge >= 0.3 is 0 Å². The number of hydrogen-bond acceptors (Lipinski definition) is 6. The van der Waals surface area contributed by atoms with Gasteiger partial charge in [0.2, 0.25) is 0 Å². The van der Waals surface area contributed by atoms with Gasteiger partial charge in [-0.05, 0) is 29.8 Å². The van der Waals surface area contributed by atoms with E-state index in [9.17, 15) is 4.79 Å². The SMILES string of the molecule is COc1ccc(CNc2cc(C(=O)NCc3ccco3)ncn2)cc1. The van der Waals surface area contributed by atoms with Crippen LogP contribution in [0.1, 0.15) is 21.8 Å². The lowest BCUT2D eigenvalue weighted by Gasteiger charge is -2.08. The molecule has 0 radical (unpaired) electrons. The number of rotatable bonds is 7. The van der Waals surface area contributed by atoms with Crippen LogP contribution in [-0.4, -0.2) is 23.0 Å². The van der Waals surface area contributed by atoms with Gasteiger partial charge in [-0.1, -0.05) is 12.1 Å². The molecule has 0 spiro atoms. The minimum atomic E-state index is -0.286. The normalized spacial score (nSPS) is 10.3. The molecule has 0 atom stereocenters. The average molecular weight is 338 g/mol. The van der Waals surface area contributed by atoms with Crippen molar-refractivity contribution in [3.63, 3.8) is 0 Å². The van der Waals surface area contributed by atoms with Crippen molar-refractivity contribution in [3.05, 3.63) is 72.1 Å². The molecule has 2 N–H and O–H groups in total. The molecule has 0 aliphatic heterocycles. The standard InChI is InChI=1S/C18H18N4O3/c1-24-14-6-4-13(5-7-14)10-19-17-9-16(21-12-22-17)18(23)20-11-15-3-2-8-25-15/h2-9,12H,10-11H2,1H3,(H,20,23)(H,19,21,22). The molecule has 2 aromatic heterocycles. The number of methoxy groups -OCH3 is 1. The van der Waals surface area contributed by atoms with E-state index in [0.29, 0.717) is 30.4 Å². The first kappa shape index (κ1) is 16.5. The van der Waals surface area contributed by atoms with E-state index in [1.54, 1.807) is 31.6 Å². The van der Waals surface area contributed by atoms with Gasteiger partial charge in [0.05, 0.1) is 19.9 Å². The summed E-state index contributed by atoms with van der Waals surface area (Å²) in [5.74, 6) is 1.78. The first-order valence-electron chi connectivity index (χ1n) is 7.74. The molecule has 1 aromatic carbocycles. The Hall–Kier alpha value is -3.35. The van der Waals surface area contributed by atoms with E-state index >= 15 is 0 Å². The second-order valence-electron chi connectivity index (χ2n) is 5.25. The third kappa shape index (κ3) is 4.57. The summed E-state index contributed by atoms with van der Waals surface area (Å²) >= 11 is 0. The first-order valence-corrected chi connectivity index (χ1v) is 7.74.